The van der Waals surface area contributed by atoms with Crippen molar-refractivity contribution in [2.45, 2.75) is 6.92 Å². The predicted molar refractivity (Wildman–Crippen MR) is 125 cm³/mol. The van der Waals surface area contributed by atoms with Crippen molar-refractivity contribution < 1.29 is 23.6 Å². The molecule has 1 amide bonds. The molecule has 3 N–H and O–H groups in total. The fourth-order valence-electron chi connectivity index (χ4n) is 3.29. The molecule has 0 aliphatic heterocycles. The van der Waals surface area contributed by atoms with E-state index in [4.69, 9.17) is 19.9 Å². The number of rotatable bonds is 8. The van der Waals surface area contributed by atoms with Gasteiger partial charge in [0.1, 0.15) is 5.69 Å². The number of aryl methyl sites for hydroxylation is 1. The molecule has 0 unspecified atom stereocenters. The third-order valence-corrected chi connectivity index (χ3v) is 4.97. The summed E-state index contributed by atoms with van der Waals surface area (Å²) < 4.78 is 21.9. The number of aromatic nitrogens is 5. The molecule has 180 valence electrons. The van der Waals surface area contributed by atoms with Crippen LogP contribution in [0.25, 0.3) is 17.1 Å². The van der Waals surface area contributed by atoms with Gasteiger partial charge in [0.15, 0.2) is 17.2 Å². The van der Waals surface area contributed by atoms with E-state index < -0.39 is 5.91 Å². The topological polar surface area (TPSA) is 165 Å². The molecule has 0 fully saturated rings. The van der Waals surface area contributed by atoms with Crippen LogP contribution < -0.4 is 25.4 Å². The van der Waals surface area contributed by atoms with Crippen molar-refractivity contribution in [1.82, 2.24) is 30.7 Å². The van der Waals surface area contributed by atoms with Crippen LogP contribution in [-0.4, -0.2) is 58.8 Å². The number of nitrogen functional groups attached to an aromatic ring is 1. The van der Waals surface area contributed by atoms with Crippen LogP contribution in [0, 0.1) is 6.92 Å². The van der Waals surface area contributed by atoms with Gasteiger partial charge in [0.2, 0.25) is 17.4 Å². The van der Waals surface area contributed by atoms with Gasteiger partial charge in [-0.05, 0) is 29.4 Å². The van der Waals surface area contributed by atoms with E-state index in [9.17, 15) is 4.79 Å². The number of benzene rings is 2. The van der Waals surface area contributed by atoms with Crippen molar-refractivity contribution in [3.05, 3.63) is 53.2 Å². The van der Waals surface area contributed by atoms with Crippen LogP contribution in [0.4, 0.5) is 5.82 Å². The summed E-state index contributed by atoms with van der Waals surface area (Å²) in [6.07, 6.45) is 1.43. The molecule has 0 aliphatic carbocycles. The Kier molecular flexibility index (Phi) is 6.57. The molecule has 0 atom stereocenters. The fraction of sp³-hybridized carbons (Fsp3) is 0.182. The van der Waals surface area contributed by atoms with E-state index in [1.165, 1.54) is 32.2 Å². The molecule has 0 radical (unpaired) electrons. The quantitative estimate of drug-likeness (QED) is 0.282. The zero-order valence-electron chi connectivity index (χ0n) is 19.3. The minimum atomic E-state index is -0.606. The van der Waals surface area contributed by atoms with Gasteiger partial charge in [-0.15, -0.1) is 5.10 Å². The maximum Gasteiger partial charge on any atom is 0.294 e. The minimum absolute atomic E-state index is 0.00158. The number of hydrazone groups is 1. The van der Waals surface area contributed by atoms with Crippen molar-refractivity contribution in [2.75, 3.05) is 27.1 Å². The van der Waals surface area contributed by atoms with E-state index >= 15 is 0 Å². The molecule has 2 aromatic heterocycles. The van der Waals surface area contributed by atoms with E-state index in [0.717, 1.165) is 5.56 Å². The number of anilines is 1. The van der Waals surface area contributed by atoms with Gasteiger partial charge < -0.3 is 19.9 Å². The lowest BCUT2D eigenvalue weighted by molar-refractivity contribution is 0.0950. The largest absolute Gasteiger partial charge is 0.493 e. The summed E-state index contributed by atoms with van der Waals surface area (Å²) >= 11 is 0. The first-order chi connectivity index (χ1) is 17.0. The van der Waals surface area contributed by atoms with Crippen LogP contribution in [0.3, 0.4) is 0 Å². The second-order valence-electron chi connectivity index (χ2n) is 7.20. The number of nitrogens with two attached hydrogens (primary N) is 1. The number of nitrogens with one attached hydrogen (secondary N) is 1. The highest BCUT2D eigenvalue weighted by Crippen LogP contribution is 2.37. The highest BCUT2D eigenvalue weighted by Gasteiger charge is 2.25. The third kappa shape index (κ3) is 4.59. The van der Waals surface area contributed by atoms with Gasteiger partial charge in [-0.25, -0.2) is 10.1 Å². The first-order valence-corrected chi connectivity index (χ1v) is 10.2. The van der Waals surface area contributed by atoms with Gasteiger partial charge in [0, 0.05) is 11.1 Å². The number of amides is 1. The SMILES string of the molecule is COc1cc(/C=N\NC(=O)c2nnn(-c3nonc3N)c2-c2ccc(C)cc2)cc(OC)c1OC. The van der Waals surface area contributed by atoms with Gasteiger partial charge in [-0.2, -0.15) is 9.78 Å². The second kappa shape index (κ2) is 9.91. The monoisotopic (exact) mass is 478 g/mol. The van der Waals surface area contributed by atoms with Crippen molar-refractivity contribution in [3.8, 4) is 34.3 Å². The molecule has 35 heavy (non-hydrogen) atoms. The molecule has 2 heterocycles. The molecule has 0 saturated carbocycles. The lowest BCUT2D eigenvalue weighted by Gasteiger charge is -2.12. The zero-order chi connectivity index (χ0) is 24.9. The first kappa shape index (κ1) is 23.2. The molecule has 0 bridgehead atoms. The average Bonchev–Trinajstić information content (AvgIpc) is 3.49. The normalized spacial score (nSPS) is 11.0. The Morgan fingerprint density at radius 1 is 1.09 bits per heavy atom. The molecule has 0 spiro atoms. The van der Waals surface area contributed by atoms with E-state index in [-0.39, 0.29) is 17.3 Å². The maximum atomic E-state index is 13.0. The first-order valence-electron chi connectivity index (χ1n) is 10.2. The van der Waals surface area contributed by atoms with Crippen molar-refractivity contribution >= 4 is 17.9 Å². The summed E-state index contributed by atoms with van der Waals surface area (Å²) in [5.41, 5.74) is 10.9. The highest BCUT2D eigenvalue weighted by atomic mass is 16.6. The molecule has 2 aromatic carbocycles. The summed E-state index contributed by atoms with van der Waals surface area (Å²) in [5, 5.41) is 19.4. The van der Waals surface area contributed by atoms with E-state index in [0.29, 0.717) is 34.1 Å². The summed E-state index contributed by atoms with van der Waals surface area (Å²) in [5.74, 6) is 0.831. The van der Waals surface area contributed by atoms with Crippen LogP contribution in [0.15, 0.2) is 46.1 Å². The number of hydrogen-bond donors (Lipinski definition) is 2. The standard InChI is InChI=1S/C22H22N8O5/c1-12-5-7-14(8-6-12)18-17(25-29-30(18)21-20(23)27-35-28-21)22(31)26-24-11-13-9-15(32-2)19(34-4)16(10-13)33-3/h5-11H,1-4H3,(H2,23,27)(H,26,31)/b24-11-. The number of nitrogens with zero attached hydrogens (tertiary/aromatic N) is 6. The Balaban J connectivity index is 1.65. The summed E-state index contributed by atoms with van der Waals surface area (Å²) in [6, 6.07) is 10.8. The third-order valence-electron chi connectivity index (χ3n) is 4.97. The second-order valence-corrected chi connectivity index (χ2v) is 7.20. The summed E-state index contributed by atoms with van der Waals surface area (Å²) in [7, 11) is 4.52. The van der Waals surface area contributed by atoms with Crippen molar-refractivity contribution in [2.24, 2.45) is 5.10 Å². The predicted octanol–water partition coefficient (Wildman–Crippen LogP) is 2.00. The average molecular weight is 478 g/mol. The van der Waals surface area contributed by atoms with Crippen LogP contribution >= 0.6 is 0 Å². The van der Waals surface area contributed by atoms with E-state index in [1.54, 1.807) is 12.1 Å². The Bertz CT molecular complexity index is 1350. The molecule has 0 aliphatic rings. The molecule has 4 aromatic rings. The number of carbonyl (C=O) groups excluding carboxylic acids is 1. The van der Waals surface area contributed by atoms with Gasteiger partial charge >= 0.3 is 0 Å². The number of hydrogen-bond acceptors (Lipinski definition) is 11. The van der Waals surface area contributed by atoms with Crippen LogP contribution in [0.5, 0.6) is 17.2 Å². The fourth-order valence-corrected chi connectivity index (χ4v) is 3.29. The highest BCUT2D eigenvalue weighted by molar-refractivity contribution is 5.99. The van der Waals surface area contributed by atoms with Crippen LogP contribution in [-0.2, 0) is 0 Å². The van der Waals surface area contributed by atoms with Crippen LogP contribution in [0.1, 0.15) is 21.6 Å². The molecular weight excluding hydrogens is 456 g/mol. The Labute approximate surface area is 199 Å². The molecular formula is C22H22N8O5. The smallest absolute Gasteiger partial charge is 0.294 e. The van der Waals surface area contributed by atoms with Crippen LogP contribution in [0.2, 0.25) is 0 Å². The van der Waals surface area contributed by atoms with Gasteiger partial charge in [-0.1, -0.05) is 35.0 Å². The van der Waals surface area contributed by atoms with Gasteiger partial charge in [-0.3, -0.25) is 4.79 Å². The van der Waals surface area contributed by atoms with Gasteiger partial charge in [0.05, 0.1) is 27.5 Å². The Morgan fingerprint density at radius 3 is 2.34 bits per heavy atom. The Morgan fingerprint density at radius 2 is 1.77 bits per heavy atom. The maximum absolute atomic E-state index is 13.0. The number of methoxy groups -OCH3 is 3. The van der Waals surface area contributed by atoms with E-state index in [2.05, 4.69) is 35.8 Å². The molecule has 13 nitrogen and oxygen atoms in total. The number of ether oxygens (including phenoxy) is 3. The van der Waals surface area contributed by atoms with Crippen molar-refractivity contribution in [3.63, 3.8) is 0 Å². The summed E-state index contributed by atoms with van der Waals surface area (Å²) in [6.45, 7) is 1.95. The lowest BCUT2D eigenvalue weighted by Crippen LogP contribution is -2.19. The minimum Gasteiger partial charge on any atom is -0.493 e. The van der Waals surface area contributed by atoms with E-state index in [1.807, 2.05) is 31.2 Å². The Hall–Kier alpha value is -4.94. The zero-order valence-corrected chi connectivity index (χ0v) is 19.3. The van der Waals surface area contributed by atoms with Crippen molar-refractivity contribution in [1.29, 1.82) is 0 Å². The summed E-state index contributed by atoms with van der Waals surface area (Å²) in [4.78, 5) is 13.0. The molecule has 13 heteroatoms. The van der Waals surface area contributed by atoms with Gasteiger partial charge in [0.25, 0.3) is 5.91 Å². The number of carbonyl (C=O) groups is 1. The lowest BCUT2D eigenvalue weighted by atomic mass is 10.1. The molecule has 0 saturated heterocycles. The molecule has 4 rings (SSSR count).